The van der Waals surface area contributed by atoms with Crippen LogP contribution in [0.1, 0.15) is 39.5 Å². The Kier molecular flexibility index (Phi) is 3.51. The number of carbonyl (C=O) groups is 1. The van der Waals surface area contributed by atoms with Crippen LogP contribution in [0.2, 0.25) is 0 Å². The first-order valence-electron chi connectivity index (χ1n) is 5.28. The lowest BCUT2D eigenvalue weighted by Crippen LogP contribution is -2.41. The third-order valence-corrected chi connectivity index (χ3v) is 3.13. The number of hydrogen-bond donors (Lipinski definition) is 1. The van der Waals surface area contributed by atoms with E-state index in [4.69, 9.17) is 5.26 Å². The monoisotopic (exact) mass is 194 g/mol. The van der Waals surface area contributed by atoms with Gasteiger partial charge in [0.1, 0.15) is 5.92 Å². The molecule has 3 heteroatoms. The van der Waals surface area contributed by atoms with Crippen LogP contribution in [0.3, 0.4) is 0 Å². The van der Waals surface area contributed by atoms with Crippen LogP contribution >= 0.6 is 0 Å². The second kappa shape index (κ2) is 4.45. The lowest BCUT2D eigenvalue weighted by molar-refractivity contribution is -0.124. The van der Waals surface area contributed by atoms with Gasteiger partial charge in [-0.1, -0.05) is 20.3 Å². The van der Waals surface area contributed by atoms with Gasteiger partial charge in [0, 0.05) is 6.54 Å². The molecule has 0 aromatic carbocycles. The molecule has 0 bridgehead atoms. The third-order valence-electron chi connectivity index (χ3n) is 3.13. The van der Waals surface area contributed by atoms with Crippen molar-refractivity contribution in [3.05, 3.63) is 0 Å². The Labute approximate surface area is 85.5 Å². The van der Waals surface area contributed by atoms with Crippen LogP contribution in [0.25, 0.3) is 0 Å². The van der Waals surface area contributed by atoms with Crippen molar-refractivity contribution < 1.29 is 4.79 Å². The molecular weight excluding hydrogens is 176 g/mol. The predicted molar refractivity (Wildman–Crippen MR) is 54.4 cm³/mol. The van der Waals surface area contributed by atoms with Gasteiger partial charge in [0.2, 0.25) is 5.91 Å². The fourth-order valence-electron chi connectivity index (χ4n) is 1.72. The number of nitriles is 1. The van der Waals surface area contributed by atoms with Gasteiger partial charge in [-0.25, -0.2) is 0 Å². The molecule has 1 N–H and O–H groups in total. The SMILES string of the molecule is CCC(C#N)C(=O)NCC1(C)CCC1. The molecule has 0 heterocycles. The lowest BCUT2D eigenvalue weighted by Gasteiger charge is -2.38. The summed E-state index contributed by atoms with van der Waals surface area (Å²) < 4.78 is 0. The highest BCUT2D eigenvalue weighted by molar-refractivity contribution is 5.80. The van der Waals surface area contributed by atoms with Gasteiger partial charge in [0.05, 0.1) is 6.07 Å². The average molecular weight is 194 g/mol. The molecule has 1 saturated carbocycles. The summed E-state index contributed by atoms with van der Waals surface area (Å²) in [6.07, 6.45) is 4.24. The van der Waals surface area contributed by atoms with Crippen molar-refractivity contribution in [3.8, 4) is 6.07 Å². The van der Waals surface area contributed by atoms with Gasteiger partial charge in [-0.3, -0.25) is 4.79 Å². The van der Waals surface area contributed by atoms with Crippen molar-refractivity contribution in [2.45, 2.75) is 39.5 Å². The van der Waals surface area contributed by atoms with Crippen molar-refractivity contribution >= 4 is 5.91 Å². The minimum atomic E-state index is -0.473. The molecule has 1 amide bonds. The summed E-state index contributed by atoms with van der Waals surface area (Å²) in [6.45, 7) is 4.77. The number of nitrogens with one attached hydrogen (secondary N) is 1. The summed E-state index contributed by atoms with van der Waals surface area (Å²) in [6, 6.07) is 2.01. The Balaban J connectivity index is 2.30. The van der Waals surface area contributed by atoms with E-state index >= 15 is 0 Å². The summed E-state index contributed by atoms with van der Waals surface area (Å²) in [5.74, 6) is -0.582. The Bertz CT molecular complexity index is 251. The van der Waals surface area contributed by atoms with Crippen molar-refractivity contribution in [1.82, 2.24) is 5.32 Å². The molecule has 1 rings (SSSR count). The van der Waals surface area contributed by atoms with E-state index in [-0.39, 0.29) is 5.91 Å². The van der Waals surface area contributed by atoms with Crippen LogP contribution in [0, 0.1) is 22.7 Å². The Morgan fingerprint density at radius 1 is 1.64 bits per heavy atom. The van der Waals surface area contributed by atoms with Crippen LogP contribution in [0.4, 0.5) is 0 Å². The third kappa shape index (κ3) is 2.47. The largest absolute Gasteiger partial charge is 0.354 e. The summed E-state index contributed by atoms with van der Waals surface area (Å²) in [7, 11) is 0. The molecule has 0 radical (unpaired) electrons. The second-order valence-electron chi connectivity index (χ2n) is 4.47. The molecule has 1 aliphatic rings. The highest BCUT2D eigenvalue weighted by atomic mass is 16.1. The van der Waals surface area contributed by atoms with Crippen molar-refractivity contribution in [1.29, 1.82) is 5.26 Å². The smallest absolute Gasteiger partial charge is 0.237 e. The fraction of sp³-hybridized carbons (Fsp3) is 0.818. The number of nitrogens with zero attached hydrogens (tertiary/aromatic N) is 1. The Morgan fingerprint density at radius 2 is 2.29 bits per heavy atom. The van der Waals surface area contributed by atoms with E-state index in [2.05, 4.69) is 12.2 Å². The van der Waals surface area contributed by atoms with Crippen molar-refractivity contribution in [2.75, 3.05) is 6.54 Å². The lowest BCUT2D eigenvalue weighted by atomic mass is 9.70. The van der Waals surface area contributed by atoms with Gasteiger partial charge in [0.15, 0.2) is 0 Å². The summed E-state index contributed by atoms with van der Waals surface area (Å²) in [4.78, 5) is 11.5. The van der Waals surface area contributed by atoms with Crippen LogP contribution in [0.5, 0.6) is 0 Å². The minimum absolute atomic E-state index is 0.108. The zero-order valence-electron chi connectivity index (χ0n) is 8.97. The molecule has 0 aliphatic heterocycles. The van der Waals surface area contributed by atoms with Gasteiger partial charge in [0.25, 0.3) is 0 Å². The van der Waals surface area contributed by atoms with Crippen LogP contribution in [0.15, 0.2) is 0 Å². The van der Waals surface area contributed by atoms with Gasteiger partial charge < -0.3 is 5.32 Å². The quantitative estimate of drug-likeness (QED) is 0.742. The van der Waals surface area contributed by atoms with Crippen LogP contribution in [-0.4, -0.2) is 12.5 Å². The molecule has 1 atom stereocenters. The average Bonchev–Trinajstić information content (AvgIpc) is 2.13. The van der Waals surface area contributed by atoms with E-state index in [9.17, 15) is 4.79 Å². The van der Waals surface area contributed by atoms with Crippen molar-refractivity contribution in [3.63, 3.8) is 0 Å². The van der Waals surface area contributed by atoms with Crippen molar-refractivity contribution in [2.24, 2.45) is 11.3 Å². The number of carbonyl (C=O) groups excluding carboxylic acids is 1. The summed E-state index contributed by atoms with van der Waals surface area (Å²) in [5, 5.41) is 11.6. The zero-order chi connectivity index (χ0) is 10.6. The van der Waals surface area contributed by atoms with Crippen LogP contribution in [-0.2, 0) is 4.79 Å². The number of hydrogen-bond acceptors (Lipinski definition) is 2. The molecule has 1 unspecified atom stereocenters. The molecular formula is C11H18N2O. The molecule has 0 aromatic rings. The topological polar surface area (TPSA) is 52.9 Å². The Hall–Kier alpha value is -1.04. The van der Waals surface area contributed by atoms with E-state index in [1.54, 1.807) is 0 Å². The minimum Gasteiger partial charge on any atom is -0.354 e. The maximum absolute atomic E-state index is 11.5. The molecule has 14 heavy (non-hydrogen) atoms. The first kappa shape index (κ1) is 11.0. The van der Waals surface area contributed by atoms with E-state index in [0.717, 1.165) is 6.54 Å². The highest BCUT2D eigenvalue weighted by Crippen LogP contribution is 2.39. The van der Waals surface area contributed by atoms with Gasteiger partial charge in [-0.15, -0.1) is 0 Å². The first-order chi connectivity index (χ1) is 6.61. The van der Waals surface area contributed by atoms with E-state index in [0.29, 0.717) is 11.8 Å². The normalized spacial score (nSPS) is 20.4. The van der Waals surface area contributed by atoms with Gasteiger partial charge in [-0.2, -0.15) is 5.26 Å². The highest BCUT2D eigenvalue weighted by Gasteiger charge is 2.32. The molecule has 78 valence electrons. The summed E-state index contributed by atoms with van der Waals surface area (Å²) in [5.41, 5.74) is 0.295. The first-order valence-corrected chi connectivity index (χ1v) is 5.28. The number of amides is 1. The van der Waals surface area contributed by atoms with E-state index in [1.165, 1.54) is 19.3 Å². The standard InChI is InChI=1S/C11H18N2O/c1-3-9(7-12)10(14)13-8-11(2)5-4-6-11/h9H,3-6,8H2,1-2H3,(H,13,14). The maximum Gasteiger partial charge on any atom is 0.237 e. The van der Waals surface area contributed by atoms with Gasteiger partial charge >= 0.3 is 0 Å². The Morgan fingerprint density at radius 3 is 2.64 bits per heavy atom. The maximum atomic E-state index is 11.5. The molecule has 1 fully saturated rings. The number of rotatable bonds is 4. The van der Waals surface area contributed by atoms with Gasteiger partial charge in [-0.05, 0) is 24.7 Å². The molecule has 0 aromatic heterocycles. The molecule has 0 saturated heterocycles. The fourth-order valence-corrected chi connectivity index (χ4v) is 1.72. The molecule has 1 aliphatic carbocycles. The predicted octanol–water partition coefficient (Wildman–Crippen LogP) is 1.84. The van der Waals surface area contributed by atoms with E-state index < -0.39 is 5.92 Å². The van der Waals surface area contributed by atoms with Crippen LogP contribution < -0.4 is 5.32 Å². The van der Waals surface area contributed by atoms with E-state index in [1.807, 2.05) is 13.0 Å². The summed E-state index contributed by atoms with van der Waals surface area (Å²) >= 11 is 0. The molecule has 3 nitrogen and oxygen atoms in total. The molecule has 0 spiro atoms. The zero-order valence-corrected chi connectivity index (χ0v) is 8.97. The second-order valence-corrected chi connectivity index (χ2v) is 4.47.